The molecule has 0 radical (unpaired) electrons. The van der Waals surface area contributed by atoms with Crippen molar-refractivity contribution in [2.24, 2.45) is 0 Å². The van der Waals surface area contributed by atoms with Crippen molar-refractivity contribution in [1.82, 2.24) is 5.32 Å². The molecule has 1 unspecified atom stereocenters. The number of ketones is 1. The Hall–Kier alpha value is -0.670. The standard InChI is InChI=1S/C10H10BrNO/c11-8-3-1-7(2-4-8)10-5-9(13)6-12-10/h1-4,10,12H,5-6H2. The van der Waals surface area contributed by atoms with Gasteiger partial charge in [0.1, 0.15) is 5.78 Å². The topological polar surface area (TPSA) is 29.1 Å². The molecule has 1 atom stereocenters. The van der Waals surface area contributed by atoms with Gasteiger partial charge in [-0.1, -0.05) is 28.1 Å². The van der Waals surface area contributed by atoms with E-state index in [1.807, 2.05) is 24.3 Å². The Morgan fingerprint density at radius 2 is 2.00 bits per heavy atom. The minimum Gasteiger partial charge on any atom is -0.303 e. The third-order valence-corrected chi connectivity index (χ3v) is 2.78. The lowest BCUT2D eigenvalue weighted by molar-refractivity contribution is -0.116. The summed E-state index contributed by atoms with van der Waals surface area (Å²) in [5.41, 5.74) is 1.19. The second kappa shape index (κ2) is 3.60. The van der Waals surface area contributed by atoms with E-state index in [1.165, 1.54) is 5.56 Å². The van der Waals surface area contributed by atoms with Crippen molar-refractivity contribution in [3.8, 4) is 0 Å². The van der Waals surface area contributed by atoms with Gasteiger partial charge in [-0.3, -0.25) is 4.79 Å². The third kappa shape index (κ3) is 1.98. The first kappa shape index (κ1) is 8.91. The molecule has 0 aromatic heterocycles. The van der Waals surface area contributed by atoms with E-state index in [-0.39, 0.29) is 6.04 Å². The molecule has 1 aromatic carbocycles. The molecule has 0 saturated carbocycles. The van der Waals surface area contributed by atoms with Crippen molar-refractivity contribution in [2.75, 3.05) is 6.54 Å². The fourth-order valence-electron chi connectivity index (χ4n) is 1.54. The summed E-state index contributed by atoms with van der Waals surface area (Å²) in [6.45, 7) is 0.515. The lowest BCUT2D eigenvalue weighted by atomic mass is 10.1. The van der Waals surface area contributed by atoms with Gasteiger partial charge in [0.05, 0.1) is 6.54 Å². The van der Waals surface area contributed by atoms with E-state index < -0.39 is 0 Å². The van der Waals surface area contributed by atoms with E-state index in [0.29, 0.717) is 18.7 Å². The summed E-state index contributed by atoms with van der Waals surface area (Å²) in [6, 6.07) is 8.31. The Morgan fingerprint density at radius 1 is 1.31 bits per heavy atom. The number of hydrogen-bond acceptors (Lipinski definition) is 2. The van der Waals surface area contributed by atoms with Crippen LogP contribution in [0.4, 0.5) is 0 Å². The van der Waals surface area contributed by atoms with Gasteiger partial charge in [-0.2, -0.15) is 0 Å². The van der Waals surface area contributed by atoms with Crippen LogP contribution in [0.2, 0.25) is 0 Å². The van der Waals surface area contributed by atoms with Gasteiger partial charge in [-0.15, -0.1) is 0 Å². The average Bonchev–Trinajstić information content (AvgIpc) is 2.53. The Morgan fingerprint density at radius 3 is 2.54 bits per heavy atom. The molecular formula is C10H10BrNO. The molecule has 13 heavy (non-hydrogen) atoms. The summed E-state index contributed by atoms with van der Waals surface area (Å²) >= 11 is 3.38. The summed E-state index contributed by atoms with van der Waals surface area (Å²) in [5.74, 6) is 0.299. The summed E-state index contributed by atoms with van der Waals surface area (Å²) in [4.78, 5) is 11.0. The molecule has 0 bridgehead atoms. The van der Waals surface area contributed by atoms with Crippen LogP contribution in [0.5, 0.6) is 0 Å². The highest BCUT2D eigenvalue weighted by Gasteiger charge is 2.22. The van der Waals surface area contributed by atoms with E-state index in [4.69, 9.17) is 0 Å². The Balaban J connectivity index is 2.17. The molecule has 1 aromatic rings. The number of carbonyl (C=O) groups excluding carboxylic acids is 1. The van der Waals surface area contributed by atoms with Gasteiger partial charge in [0.2, 0.25) is 0 Å². The highest BCUT2D eigenvalue weighted by molar-refractivity contribution is 9.10. The first-order chi connectivity index (χ1) is 6.25. The second-order valence-electron chi connectivity index (χ2n) is 3.23. The van der Waals surface area contributed by atoms with Crippen LogP contribution in [-0.4, -0.2) is 12.3 Å². The number of rotatable bonds is 1. The largest absolute Gasteiger partial charge is 0.303 e. The van der Waals surface area contributed by atoms with Gasteiger partial charge in [-0.05, 0) is 17.7 Å². The van der Waals surface area contributed by atoms with Gasteiger partial charge in [0, 0.05) is 16.9 Å². The Labute approximate surface area is 85.5 Å². The van der Waals surface area contributed by atoms with Crippen molar-refractivity contribution in [1.29, 1.82) is 0 Å². The quantitative estimate of drug-likeness (QED) is 0.813. The molecule has 1 aliphatic heterocycles. The van der Waals surface area contributed by atoms with Crippen LogP contribution in [0.1, 0.15) is 18.0 Å². The molecule has 1 heterocycles. The van der Waals surface area contributed by atoms with E-state index in [1.54, 1.807) is 0 Å². The molecular weight excluding hydrogens is 230 g/mol. The number of nitrogens with one attached hydrogen (secondary N) is 1. The average molecular weight is 240 g/mol. The van der Waals surface area contributed by atoms with Gasteiger partial charge in [0.15, 0.2) is 0 Å². The van der Waals surface area contributed by atoms with E-state index in [0.717, 1.165) is 4.47 Å². The predicted molar refractivity (Wildman–Crippen MR) is 54.5 cm³/mol. The van der Waals surface area contributed by atoms with Crippen LogP contribution in [0.3, 0.4) is 0 Å². The zero-order chi connectivity index (χ0) is 9.26. The third-order valence-electron chi connectivity index (χ3n) is 2.25. The Bertz CT molecular complexity index is 320. The molecule has 3 heteroatoms. The molecule has 1 saturated heterocycles. The first-order valence-corrected chi connectivity index (χ1v) is 5.05. The van der Waals surface area contributed by atoms with Crippen molar-refractivity contribution >= 4 is 21.7 Å². The summed E-state index contributed by atoms with van der Waals surface area (Å²) in [5, 5.41) is 3.18. The van der Waals surface area contributed by atoms with Crippen molar-refractivity contribution < 1.29 is 4.79 Å². The van der Waals surface area contributed by atoms with Gasteiger partial charge >= 0.3 is 0 Å². The molecule has 68 valence electrons. The molecule has 0 amide bonds. The van der Waals surface area contributed by atoms with Crippen molar-refractivity contribution in [3.05, 3.63) is 34.3 Å². The predicted octanol–water partition coefficient (Wildman–Crippen LogP) is 2.05. The van der Waals surface area contributed by atoms with Crippen molar-refractivity contribution in [2.45, 2.75) is 12.5 Å². The molecule has 2 nitrogen and oxygen atoms in total. The fraction of sp³-hybridized carbons (Fsp3) is 0.300. The summed E-state index contributed by atoms with van der Waals surface area (Å²) in [7, 11) is 0. The number of benzene rings is 1. The molecule has 1 N–H and O–H groups in total. The highest BCUT2D eigenvalue weighted by atomic mass is 79.9. The van der Waals surface area contributed by atoms with Crippen LogP contribution in [0.15, 0.2) is 28.7 Å². The smallest absolute Gasteiger partial charge is 0.148 e. The number of hydrogen-bond donors (Lipinski definition) is 1. The van der Waals surface area contributed by atoms with Crippen LogP contribution in [-0.2, 0) is 4.79 Å². The van der Waals surface area contributed by atoms with Crippen LogP contribution in [0.25, 0.3) is 0 Å². The van der Waals surface area contributed by atoms with Crippen LogP contribution >= 0.6 is 15.9 Å². The monoisotopic (exact) mass is 239 g/mol. The number of Topliss-reactive ketones (excluding diaryl/α,β-unsaturated/α-hetero) is 1. The minimum absolute atomic E-state index is 0.223. The lowest BCUT2D eigenvalue weighted by Crippen LogP contribution is -2.13. The van der Waals surface area contributed by atoms with Crippen LogP contribution in [0, 0.1) is 0 Å². The lowest BCUT2D eigenvalue weighted by Gasteiger charge is -2.08. The maximum Gasteiger partial charge on any atom is 0.148 e. The van der Waals surface area contributed by atoms with Gasteiger partial charge in [0.25, 0.3) is 0 Å². The normalized spacial score (nSPS) is 22.2. The van der Waals surface area contributed by atoms with E-state index >= 15 is 0 Å². The summed E-state index contributed by atoms with van der Waals surface area (Å²) < 4.78 is 1.07. The van der Waals surface area contributed by atoms with Gasteiger partial charge < -0.3 is 5.32 Å². The maximum atomic E-state index is 11.0. The molecule has 2 rings (SSSR count). The number of carbonyl (C=O) groups is 1. The Kier molecular flexibility index (Phi) is 2.47. The summed E-state index contributed by atoms with van der Waals surface area (Å²) in [6.07, 6.45) is 0.627. The molecule has 1 fully saturated rings. The highest BCUT2D eigenvalue weighted by Crippen LogP contribution is 2.22. The fourth-order valence-corrected chi connectivity index (χ4v) is 1.80. The maximum absolute atomic E-state index is 11.0. The first-order valence-electron chi connectivity index (χ1n) is 4.26. The molecule has 0 aliphatic carbocycles. The van der Waals surface area contributed by atoms with Crippen molar-refractivity contribution in [3.63, 3.8) is 0 Å². The van der Waals surface area contributed by atoms with E-state index in [2.05, 4.69) is 21.2 Å². The van der Waals surface area contributed by atoms with Crippen LogP contribution < -0.4 is 5.32 Å². The van der Waals surface area contributed by atoms with E-state index in [9.17, 15) is 4.79 Å². The SMILES string of the molecule is O=C1CNC(c2ccc(Br)cc2)C1. The number of halogens is 1. The zero-order valence-electron chi connectivity index (χ0n) is 7.09. The second-order valence-corrected chi connectivity index (χ2v) is 4.14. The van der Waals surface area contributed by atoms with Gasteiger partial charge in [-0.25, -0.2) is 0 Å². The molecule has 0 spiro atoms. The zero-order valence-corrected chi connectivity index (χ0v) is 8.67. The molecule has 1 aliphatic rings. The minimum atomic E-state index is 0.223.